The molecule has 2 aromatic carbocycles. The zero-order valence-electron chi connectivity index (χ0n) is 13.9. The predicted octanol–water partition coefficient (Wildman–Crippen LogP) is 1.59. The number of methoxy groups -OCH3 is 1. The summed E-state index contributed by atoms with van der Waals surface area (Å²) >= 11 is 0. The van der Waals surface area contributed by atoms with Gasteiger partial charge >= 0.3 is 0 Å². The predicted molar refractivity (Wildman–Crippen MR) is 92.2 cm³/mol. The number of carbonyl (C=O) groups excluding carboxylic acids is 2. The number of hydrogen-bond donors (Lipinski definition) is 2. The molecule has 6 heteroatoms. The van der Waals surface area contributed by atoms with E-state index < -0.39 is 11.9 Å². The fraction of sp³-hybridized carbons (Fsp3) is 0.263. The molecular weight excluding hydrogens is 320 g/mol. The van der Waals surface area contributed by atoms with Crippen LogP contribution in [0.5, 0.6) is 11.5 Å². The van der Waals surface area contributed by atoms with Gasteiger partial charge in [0.15, 0.2) is 0 Å². The van der Waals surface area contributed by atoms with E-state index in [4.69, 9.17) is 15.2 Å². The molecule has 1 aliphatic rings. The maximum Gasteiger partial charge on any atom is 0.244 e. The fourth-order valence-electron chi connectivity index (χ4n) is 2.87. The normalized spacial score (nSPS) is 16.9. The zero-order valence-corrected chi connectivity index (χ0v) is 13.9. The smallest absolute Gasteiger partial charge is 0.244 e. The molecule has 0 spiro atoms. The maximum absolute atomic E-state index is 12.6. The van der Waals surface area contributed by atoms with Crippen LogP contribution in [0.25, 0.3) is 0 Å². The van der Waals surface area contributed by atoms with Crippen LogP contribution in [0.1, 0.15) is 17.2 Å². The topological polar surface area (TPSA) is 90.7 Å². The molecular formula is C19H20N2O4. The molecule has 0 fully saturated rings. The van der Waals surface area contributed by atoms with Gasteiger partial charge in [0, 0.05) is 6.07 Å². The van der Waals surface area contributed by atoms with Gasteiger partial charge in [-0.25, -0.2) is 0 Å². The van der Waals surface area contributed by atoms with Crippen LogP contribution in [-0.4, -0.2) is 25.5 Å². The SMILES string of the molecule is COc1ccc2c(c1)OC[C@H](C(=O)N[C@@H](C(N)=O)c1ccccc1)C2. The van der Waals surface area contributed by atoms with E-state index in [9.17, 15) is 9.59 Å². The number of benzene rings is 2. The van der Waals surface area contributed by atoms with Gasteiger partial charge in [0.05, 0.1) is 13.0 Å². The van der Waals surface area contributed by atoms with E-state index in [1.807, 2.05) is 18.2 Å². The van der Waals surface area contributed by atoms with E-state index in [-0.39, 0.29) is 18.4 Å². The number of carbonyl (C=O) groups is 2. The molecule has 3 N–H and O–H groups in total. The highest BCUT2D eigenvalue weighted by Gasteiger charge is 2.29. The van der Waals surface area contributed by atoms with Crippen molar-refractivity contribution in [2.75, 3.05) is 13.7 Å². The third kappa shape index (κ3) is 3.74. The maximum atomic E-state index is 12.6. The van der Waals surface area contributed by atoms with Gasteiger partial charge in [-0.05, 0) is 23.6 Å². The lowest BCUT2D eigenvalue weighted by Crippen LogP contribution is -2.43. The zero-order chi connectivity index (χ0) is 17.8. The Balaban J connectivity index is 1.71. The van der Waals surface area contributed by atoms with E-state index in [2.05, 4.69) is 5.32 Å². The monoisotopic (exact) mass is 340 g/mol. The van der Waals surface area contributed by atoms with Crippen LogP contribution in [0.2, 0.25) is 0 Å². The number of ether oxygens (including phenoxy) is 2. The minimum atomic E-state index is -0.856. The van der Waals surface area contributed by atoms with Crippen LogP contribution in [-0.2, 0) is 16.0 Å². The van der Waals surface area contributed by atoms with E-state index >= 15 is 0 Å². The van der Waals surface area contributed by atoms with Crippen LogP contribution in [0.3, 0.4) is 0 Å². The lowest BCUT2D eigenvalue weighted by molar-refractivity contribution is -0.131. The number of rotatable bonds is 5. The molecule has 0 unspecified atom stereocenters. The van der Waals surface area contributed by atoms with Crippen molar-refractivity contribution < 1.29 is 19.1 Å². The minimum absolute atomic E-state index is 0.242. The molecule has 2 amide bonds. The average molecular weight is 340 g/mol. The summed E-state index contributed by atoms with van der Waals surface area (Å²) in [6.07, 6.45) is 0.533. The van der Waals surface area contributed by atoms with Crippen molar-refractivity contribution in [3.05, 3.63) is 59.7 Å². The van der Waals surface area contributed by atoms with E-state index in [1.54, 1.807) is 37.4 Å². The van der Waals surface area contributed by atoms with Crippen LogP contribution in [0, 0.1) is 5.92 Å². The van der Waals surface area contributed by atoms with Gasteiger partial charge < -0.3 is 20.5 Å². The fourth-order valence-corrected chi connectivity index (χ4v) is 2.87. The third-order valence-corrected chi connectivity index (χ3v) is 4.26. The Morgan fingerprint density at radius 2 is 2.00 bits per heavy atom. The second kappa shape index (κ2) is 7.25. The first-order valence-corrected chi connectivity index (χ1v) is 8.03. The highest BCUT2D eigenvalue weighted by Crippen LogP contribution is 2.31. The molecule has 0 aliphatic carbocycles. The molecule has 3 rings (SSSR count). The number of amides is 2. The number of nitrogens with two attached hydrogens (primary N) is 1. The quantitative estimate of drug-likeness (QED) is 0.865. The first kappa shape index (κ1) is 16.8. The lowest BCUT2D eigenvalue weighted by Gasteiger charge is -2.26. The summed E-state index contributed by atoms with van der Waals surface area (Å²) in [6.45, 7) is 0.242. The second-order valence-corrected chi connectivity index (χ2v) is 5.94. The number of hydrogen-bond acceptors (Lipinski definition) is 4. The summed E-state index contributed by atoms with van der Waals surface area (Å²) in [4.78, 5) is 24.3. The largest absolute Gasteiger partial charge is 0.497 e. The molecule has 0 bridgehead atoms. The van der Waals surface area contributed by atoms with Gasteiger partial charge in [-0.3, -0.25) is 9.59 Å². The standard InChI is InChI=1S/C19H20N2O4/c1-24-15-8-7-13-9-14(11-25-16(13)10-15)19(23)21-17(18(20)22)12-5-3-2-4-6-12/h2-8,10,14,17H,9,11H2,1H3,(H2,20,22)(H,21,23)/t14-,17-/m1/s1. The van der Waals surface area contributed by atoms with E-state index in [0.717, 1.165) is 11.3 Å². The summed E-state index contributed by atoms with van der Waals surface area (Å²) in [5, 5.41) is 2.74. The molecule has 0 saturated heterocycles. The molecule has 2 atom stereocenters. The average Bonchev–Trinajstić information content (AvgIpc) is 2.65. The van der Waals surface area contributed by atoms with Gasteiger partial charge in [-0.15, -0.1) is 0 Å². The summed E-state index contributed by atoms with van der Waals surface area (Å²) in [5.74, 6) is 0.194. The second-order valence-electron chi connectivity index (χ2n) is 5.94. The Kier molecular flexibility index (Phi) is 4.88. The molecule has 0 saturated carbocycles. The highest BCUT2D eigenvalue weighted by atomic mass is 16.5. The lowest BCUT2D eigenvalue weighted by atomic mass is 9.95. The molecule has 25 heavy (non-hydrogen) atoms. The Morgan fingerprint density at radius 3 is 2.68 bits per heavy atom. The number of nitrogens with one attached hydrogen (secondary N) is 1. The first-order valence-electron chi connectivity index (χ1n) is 8.03. The molecule has 2 aromatic rings. The van der Waals surface area contributed by atoms with Crippen LogP contribution in [0.4, 0.5) is 0 Å². The summed E-state index contributed by atoms with van der Waals surface area (Å²) < 4.78 is 10.9. The third-order valence-electron chi connectivity index (χ3n) is 4.26. The molecule has 1 aliphatic heterocycles. The van der Waals surface area contributed by atoms with Crippen LogP contribution >= 0.6 is 0 Å². The Morgan fingerprint density at radius 1 is 1.24 bits per heavy atom. The number of fused-ring (bicyclic) bond motifs is 1. The van der Waals surface area contributed by atoms with Gasteiger partial charge in [0.1, 0.15) is 24.1 Å². The highest BCUT2D eigenvalue weighted by molar-refractivity contribution is 5.88. The molecule has 0 aromatic heterocycles. The van der Waals surface area contributed by atoms with E-state index in [0.29, 0.717) is 17.7 Å². The van der Waals surface area contributed by atoms with Crippen LogP contribution in [0.15, 0.2) is 48.5 Å². The Bertz CT molecular complexity index is 776. The molecule has 130 valence electrons. The minimum Gasteiger partial charge on any atom is -0.497 e. The van der Waals surface area contributed by atoms with Crippen molar-refractivity contribution in [2.45, 2.75) is 12.5 Å². The van der Waals surface area contributed by atoms with Gasteiger partial charge in [-0.2, -0.15) is 0 Å². The van der Waals surface area contributed by atoms with Crippen molar-refractivity contribution in [3.8, 4) is 11.5 Å². The summed E-state index contributed by atoms with van der Waals surface area (Å²) in [5.41, 5.74) is 7.05. The Hall–Kier alpha value is -3.02. The molecule has 1 heterocycles. The van der Waals surface area contributed by atoms with Crippen LogP contribution < -0.4 is 20.5 Å². The molecule has 6 nitrogen and oxygen atoms in total. The van der Waals surface area contributed by atoms with Crippen molar-refractivity contribution in [1.29, 1.82) is 0 Å². The van der Waals surface area contributed by atoms with Crippen molar-refractivity contribution >= 4 is 11.8 Å². The van der Waals surface area contributed by atoms with Gasteiger partial charge in [0.25, 0.3) is 0 Å². The summed E-state index contributed by atoms with van der Waals surface area (Å²) in [6, 6.07) is 13.6. The van der Waals surface area contributed by atoms with Crippen molar-refractivity contribution in [3.63, 3.8) is 0 Å². The van der Waals surface area contributed by atoms with Gasteiger partial charge in [0.2, 0.25) is 11.8 Å². The van der Waals surface area contributed by atoms with E-state index in [1.165, 1.54) is 0 Å². The van der Waals surface area contributed by atoms with Crippen molar-refractivity contribution in [1.82, 2.24) is 5.32 Å². The molecule has 0 radical (unpaired) electrons. The first-order chi connectivity index (χ1) is 12.1. The summed E-state index contributed by atoms with van der Waals surface area (Å²) in [7, 11) is 1.59. The number of primary amides is 1. The van der Waals surface area contributed by atoms with Gasteiger partial charge in [-0.1, -0.05) is 36.4 Å². The van der Waals surface area contributed by atoms with Crippen molar-refractivity contribution in [2.24, 2.45) is 11.7 Å². The Labute approximate surface area is 145 Å².